The van der Waals surface area contributed by atoms with E-state index in [9.17, 15) is 4.79 Å². The average Bonchev–Trinajstić information content (AvgIpc) is 3.11. The lowest BCUT2D eigenvalue weighted by molar-refractivity contribution is 0.234. The Hall–Kier alpha value is -3.09. The summed E-state index contributed by atoms with van der Waals surface area (Å²) in [4.78, 5) is 26.7. The molecule has 152 valence electrons. The first-order valence-electron chi connectivity index (χ1n) is 10.2. The fourth-order valence-electron chi connectivity index (χ4n) is 4.00. The minimum absolute atomic E-state index is 0.0861. The van der Waals surface area contributed by atoms with Crippen LogP contribution >= 0.6 is 0 Å². The van der Waals surface area contributed by atoms with Gasteiger partial charge in [0.05, 0.1) is 0 Å². The van der Waals surface area contributed by atoms with Crippen LogP contribution in [0.1, 0.15) is 29.9 Å². The molecule has 1 aliphatic rings. The van der Waals surface area contributed by atoms with Gasteiger partial charge in [-0.1, -0.05) is 18.2 Å². The molecule has 2 amide bonds. The molecule has 2 aromatic heterocycles. The zero-order chi connectivity index (χ0) is 20.2. The molecular weight excluding hydrogens is 364 g/mol. The van der Waals surface area contributed by atoms with Crippen LogP contribution in [0.3, 0.4) is 0 Å². The summed E-state index contributed by atoms with van der Waals surface area (Å²) in [5, 5.41) is 7.33. The number of carbonyl (C=O) groups is 1. The van der Waals surface area contributed by atoms with Crippen LogP contribution in [0, 0.1) is 13.8 Å². The zero-order valence-corrected chi connectivity index (χ0v) is 17.0. The van der Waals surface area contributed by atoms with E-state index in [2.05, 4.69) is 42.6 Å². The highest BCUT2D eigenvalue weighted by molar-refractivity contribution is 5.83. The standard InChI is InChI=1S/C22H28N6O/c1-15-13-21(26-16(2)25-15)28-11-8-18(9-12-28)27-22(29)23-10-7-17-14-24-20-6-4-3-5-19(17)20/h3-6,13-14,18,24H,7-12H2,1-2H3,(H2,23,27,29). The van der Waals surface area contributed by atoms with Crippen molar-refractivity contribution in [1.82, 2.24) is 25.6 Å². The molecular formula is C22H28N6O. The third kappa shape index (κ3) is 4.67. The number of carbonyl (C=O) groups excluding carboxylic acids is 1. The molecule has 0 spiro atoms. The normalized spacial score (nSPS) is 14.9. The molecule has 0 aliphatic carbocycles. The molecule has 1 aromatic carbocycles. The van der Waals surface area contributed by atoms with Gasteiger partial charge >= 0.3 is 6.03 Å². The van der Waals surface area contributed by atoms with Crippen molar-refractivity contribution in [3.8, 4) is 0 Å². The molecule has 7 nitrogen and oxygen atoms in total. The number of aryl methyl sites for hydroxylation is 2. The van der Waals surface area contributed by atoms with Crippen LogP contribution in [-0.2, 0) is 6.42 Å². The van der Waals surface area contributed by atoms with Crippen molar-refractivity contribution >= 4 is 22.8 Å². The van der Waals surface area contributed by atoms with Gasteiger partial charge in [0.25, 0.3) is 0 Å². The van der Waals surface area contributed by atoms with Crippen LogP contribution in [0.15, 0.2) is 36.5 Å². The lowest BCUT2D eigenvalue weighted by Gasteiger charge is -2.33. The van der Waals surface area contributed by atoms with Gasteiger partial charge in [-0.2, -0.15) is 0 Å². The number of aromatic amines is 1. The van der Waals surface area contributed by atoms with Gasteiger partial charge in [0, 0.05) is 54.5 Å². The zero-order valence-electron chi connectivity index (χ0n) is 17.0. The van der Waals surface area contributed by atoms with Gasteiger partial charge < -0.3 is 20.5 Å². The Labute approximate surface area is 170 Å². The summed E-state index contributed by atoms with van der Waals surface area (Å²) in [6.07, 6.45) is 4.66. The van der Waals surface area contributed by atoms with Crippen molar-refractivity contribution in [1.29, 1.82) is 0 Å². The molecule has 0 unspecified atom stereocenters. The number of piperidine rings is 1. The number of anilines is 1. The smallest absolute Gasteiger partial charge is 0.315 e. The summed E-state index contributed by atoms with van der Waals surface area (Å²) in [5.41, 5.74) is 3.35. The first-order valence-corrected chi connectivity index (χ1v) is 10.2. The van der Waals surface area contributed by atoms with E-state index < -0.39 is 0 Å². The number of hydrogen-bond acceptors (Lipinski definition) is 4. The van der Waals surface area contributed by atoms with Crippen molar-refractivity contribution < 1.29 is 4.79 Å². The number of urea groups is 1. The third-order valence-corrected chi connectivity index (χ3v) is 5.46. The van der Waals surface area contributed by atoms with Crippen LogP contribution in [0.2, 0.25) is 0 Å². The summed E-state index contributed by atoms with van der Waals surface area (Å²) in [7, 11) is 0. The number of fused-ring (bicyclic) bond motifs is 1. The van der Waals surface area contributed by atoms with E-state index in [1.807, 2.05) is 38.2 Å². The molecule has 1 fully saturated rings. The molecule has 0 bridgehead atoms. The van der Waals surface area contributed by atoms with Crippen molar-refractivity contribution in [2.45, 2.75) is 39.2 Å². The fourth-order valence-corrected chi connectivity index (χ4v) is 4.00. The van der Waals surface area contributed by atoms with Gasteiger partial charge in [0.15, 0.2) is 0 Å². The Morgan fingerprint density at radius 1 is 1.21 bits per heavy atom. The highest BCUT2D eigenvalue weighted by atomic mass is 16.2. The number of nitrogens with one attached hydrogen (secondary N) is 3. The Kier molecular flexibility index (Phi) is 5.64. The molecule has 3 N–H and O–H groups in total. The Morgan fingerprint density at radius 2 is 2.00 bits per heavy atom. The summed E-state index contributed by atoms with van der Waals surface area (Å²) in [6.45, 7) is 6.30. The maximum absolute atomic E-state index is 12.3. The molecule has 0 saturated carbocycles. The van der Waals surface area contributed by atoms with E-state index in [-0.39, 0.29) is 12.1 Å². The number of aromatic nitrogens is 3. The van der Waals surface area contributed by atoms with E-state index in [1.54, 1.807) is 0 Å². The van der Waals surface area contributed by atoms with Gasteiger partial charge in [-0.05, 0) is 44.7 Å². The molecule has 1 saturated heterocycles. The second-order valence-corrected chi connectivity index (χ2v) is 7.69. The van der Waals surface area contributed by atoms with Crippen molar-refractivity contribution in [3.63, 3.8) is 0 Å². The lowest BCUT2D eigenvalue weighted by Crippen LogP contribution is -2.48. The number of benzene rings is 1. The number of para-hydroxylation sites is 1. The lowest BCUT2D eigenvalue weighted by atomic mass is 10.1. The molecule has 0 radical (unpaired) electrons. The predicted octanol–water partition coefficient (Wildman–Crippen LogP) is 3.09. The number of amides is 2. The van der Waals surface area contributed by atoms with Gasteiger partial charge in [-0.15, -0.1) is 0 Å². The number of nitrogens with zero attached hydrogens (tertiary/aromatic N) is 3. The first kappa shape index (κ1) is 19.2. The second kappa shape index (κ2) is 8.51. The van der Waals surface area contributed by atoms with E-state index in [0.717, 1.165) is 55.2 Å². The van der Waals surface area contributed by atoms with Crippen molar-refractivity contribution in [2.24, 2.45) is 0 Å². The molecule has 0 atom stereocenters. The largest absolute Gasteiger partial charge is 0.361 e. The minimum atomic E-state index is -0.0861. The second-order valence-electron chi connectivity index (χ2n) is 7.69. The maximum Gasteiger partial charge on any atom is 0.315 e. The Bertz CT molecular complexity index is 970. The molecule has 4 rings (SSSR count). The van der Waals surface area contributed by atoms with Crippen LogP contribution in [0.4, 0.5) is 10.6 Å². The summed E-state index contributed by atoms with van der Waals surface area (Å²) in [5.74, 6) is 1.78. The Morgan fingerprint density at radius 3 is 2.79 bits per heavy atom. The number of rotatable bonds is 5. The maximum atomic E-state index is 12.3. The quantitative estimate of drug-likeness (QED) is 0.623. The van der Waals surface area contributed by atoms with E-state index >= 15 is 0 Å². The fraction of sp³-hybridized carbons (Fsp3) is 0.409. The predicted molar refractivity (Wildman–Crippen MR) is 115 cm³/mol. The van der Waals surface area contributed by atoms with Gasteiger partial charge in [0.1, 0.15) is 11.6 Å². The highest BCUT2D eigenvalue weighted by Gasteiger charge is 2.22. The van der Waals surface area contributed by atoms with E-state index in [0.29, 0.717) is 6.54 Å². The van der Waals surface area contributed by atoms with E-state index in [1.165, 1.54) is 10.9 Å². The highest BCUT2D eigenvalue weighted by Crippen LogP contribution is 2.19. The minimum Gasteiger partial charge on any atom is -0.361 e. The average molecular weight is 393 g/mol. The molecule has 3 aromatic rings. The molecule has 29 heavy (non-hydrogen) atoms. The monoisotopic (exact) mass is 392 g/mol. The molecule has 3 heterocycles. The van der Waals surface area contributed by atoms with Crippen LogP contribution in [0.25, 0.3) is 10.9 Å². The van der Waals surface area contributed by atoms with Crippen LogP contribution in [-0.4, -0.2) is 46.7 Å². The summed E-state index contributed by atoms with van der Waals surface area (Å²) >= 11 is 0. The number of H-pyrrole nitrogens is 1. The molecule has 1 aliphatic heterocycles. The van der Waals surface area contributed by atoms with Crippen LogP contribution < -0.4 is 15.5 Å². The Balaban J connectivity index is 1.22. The van der Waals surface area contributed by atoms with Crippen molar-refractivity contribution in [3.05, 3.63) is 53.6 Å². The third-order valence-electron chi connectivity index (χ3n) is 5.46. The summed E-state index contributed by atoms with van der Waals surface area (Å²) < 4.78 is 0. The van der Waals surface area contributed by atoms with Gasteiger partial charge in [0.2, 0.25) is 0 Å². The number of hydrogen-bond donors (Lipinski definition) is 3. The van der Waals surface area contributed by atoms with E-state index in [4.69, 9.17) is 0 Å². The SMILES string of the molecule is Cc1cc(N2CCC(NC(=O)NCCc3c[nH]c4ccccc34)CC2)nc(C)n1. The van der Waals surface area contributed by atoms with Crippen LogP contribution in [0.5, 0.6) is 0 Å². The topological polar surface area (TPSA) is 85.9 Å². The van der Waals surface area contributed by atoms with Gasteiger partial charge in [-0.25, -0.2) is 14.8 Å². The van der Waals surface area contributed by atoms with Crippen molar-refractivity contribution in [2.75, 3.05) is 24.5 Å². The van der Waals surface area contributed by atoms with Gasteiger partial charge in [-0.3, -0.25) is 0 Å². The first-order chi connectivity index (χ1) is 14.1. The molecule has 7 heteroatoms. The summed E-state index contributed by atoms with van der Waals surface area (Å²) in [6, 6.07) is 10.4.